The molecule has 0 bridgehead atoms. The molecule has 0 saturated carbocycles. The van der Waals surface area contributed by atoms with Crippen LogP contribution in [0.2, 0.25) is 5.02 Å². The number of halogens is 1. The molecule has 4 aromatic rings. The maximum absolute atomic E-state index is 12.4. The maximum Gasteiger partial charge on any atom is 0.263 e. The van der Waals surface area contributed by atoms with E-state index in [1.54, 1.807) is 43.3 Å². The molecule has 9 nitrogen and oxygen atoms in total. The second kappa shape index (κ2) is 8.41. The van der Waals surface area contributed by atoms with Crippen molar-refractivity contribution < 1.29 is 14.1 Å². The largest absolute Gasteiger partial charge is 0.436 e. The number of aromatic nitrogens is 4. The predicted octanol–water partition coefficient (Wildman–Crippen LogP) is 4.42. The molecule has 0 fully saturated rings. The standard InChI is InChI=1S/C21H17ClN6O3/c1-11-18(12(2)31-28-11)16-10-25-19(23)21(26-16)30-15-6-3-13(4-7-15)20(29)27-17-8-5-14(22)9-24-17/h3-10H,1-2H3,(H2,23,25)(H,24,27,29). The van der Waals surface area contributed by atoms with Crippen molar-refractivity contribution in [2.75, 3.05) is 11.1 Å². The molecule has 4 rings (SSSR count). The van der Waals surface area contributed by atoms with Crippen LogP contribution >= 0.6 is 11.6 Å². The Labute approximate surface area is 182 Å². The molecule has 10 heteroatoms. The Kier molecular flexibility index (Phi) is 5.50. The van der Waals surface area contributed by atoms with E-state index < -0.39 is 0 Å². The Hall–Kier alpha value is -3.98. The molecule has 3 heterocycles. The van der Waals surface area contributed by atoms with Crippen LogP contribution in [0.3, 0.4) is 0 Å². The zero-order chi connectivity index (χ0) is 22.0. The van der Waals surface area contributed by atoms with Gasteiger partial charge in [-0.05, 0) is 50.2 Å². The summed E-state index contributed by atoms with van der Waals surface area (Å²) >= 11 is 5.80. The number of carbonyl (C=O) groups excluding carboxylic acids is 1. The molecule has 0 spiro atoms. The zero-order valence-corrected chi connectivity index (χ0v) is 17.3. The molecule has 156 valence electrons. The molecular weight excluding hydrogens is 420 g/mol. The minimum atomic E-state index is -0.318. The first-order chi connectivity index (χ1) is 14.9. The van der Waals surface area contributed by atoms with Crippen molar-refractivity contribution in [2.45, 2.75) is 13.8 Å². The van der Waals surface area contributed by atoms with Gasteiger partial charge in [0.1, 0.15) is 17.3 Å². The van der Waals surface area contributed by atoms with Crippen molar-refractivity contribution >= 4 is 29.1 Å². The van der Waals surface area contributed by atoms with Gasteiger partial charge in [-0.15, -0.1) is 0 Å². The van der Waals surface area contributed by atoms with E-state index in [-0.39, 0.29) is 17.6 Å². The maximum atomic E-state index is 12.4. The van der Waals surface area contributed by atoms with E-state index in [1.807, 2.05) is 6.92 Å². The molecular formula is C21H17ClN6O3. The molecule has 3 N–H and O–H groups in total. The molecule has 1 amide bonds. The Morgan fingerprint density at radius 1 is 1.10 bits per heavy atom. The zero-order valence-electron chi connectivity index (χ0n) is 16.6. The van der Waals surface area contributed by atoms with Gasteiger partial charge in [0.25, 0.3) is 11.8 Å². The number of benzene rings is 1. The quantitative estimate of drug-likeness (QED) is 0.470. The number of nitrogen functional groups attached to an aromatic ring is 1. The first-order valence-corrected chi connectivity index (χ1v) is 9.55. The van der Waals surface area contributed by atoms with E-state index in [4.69, 9.17) is 26.6 Å². The molecule has 0 radical (unpaired) electrons. The number of carbonyl (C=O) groups is 1. The monoisotopic (exact) mass is 436 g/mol. The fourth-order valence-corrected chi connectivity index (χ4v) is 2.96. The Balaban J connectivity index is 1.51. The summed E-state index contributed by atoms with van der Waals surface area (Å²) in [6.45, 7) is 3.60. The first-order valence-electron chi connectivity index (χ1n) is 9.17. The number of aryl methyl sites for hydroxylation is 2. The number of pyridine rings is 1. The van der Waals surface area contributed by atoms with Crippen LogP contribution < -0.4 is 15.8 Å². The van der Waals surface area contributed by atoms with Gasteiger partial charge in [0.2, 0.25) is 0 Å². The smallest absolute Gasteiger partial charge is 0.263 e. The molecule has 31 heavy (non-hydrogen) atoms. The molecule has 3 aromatic heterocycles. The molecule has 0 aliphatic rings. The third-order valence-corrected chi connectivity index (χ3v) is 4.58. The minimum Gasteiger partial charge on any atom is -0.436 e. The van der Waals surface area contributed by atoms with Crippen LogP contribution in [0.25, 0.3) is 11.3 Å². The van der Waals surface area contributed by atoms with Crippen molar-refractivity contribution in [1.82, 2.24) is 20.1 Å². The third kappa shape index (κ3) is 4.46. The van der Waals surface area contributed by atoms with Gasteiger partial charge in [0, 0.05) is 11.8 Å². The summed E-state index contributed by atoms with van der Waals surface area (Å²) in [7, 11) is 0. The summed E-state index contributed by atoms with van der Waals surface area (Å²) in [4.78, 5) is 25.0. The molecule has 0 atom stereocenters. The number of nitrogens with two attached hydrogens (primary N) is 1. The highest BCUT2D eigenvalue weighted by atomic mass is 35.5. The second-order valence-corrected chi connectivity index (χ2v) is 7.02. The van der Waals surface area contributed by atoms with Crippen molar-refractivity contribution in [2.24, 2.45) is 0 Å². The van der Waals surface area contributed by atoms with Gasteiger partial charge in [0.05, 0.1) is 28.2 Å². The number of anilines is 2. The van der Waals surface area contributed by atoms with Crippen molar-refractivity contribution in [3.8, 4) is 22.9 Å². The van der Waals surface area contributed by atoms with Gasteiger partial charge in [0.15, 0.2) is 5.82 Å². The summed E-state index contributed by atoms with van der Waals surface area (Å²) in [5.41, 5.74) is 8.31. The summed E-state index contributed by atoms with van der Waals surface area (Å²) in [5.74, 6) is 1.41. The van der Waals surface area contributed by atoms with Gasteiger partial charge < -0.3 is 20.3 Å². The molecule has 0 aliphatic heterocycles. The van der Waals surface area contributed by atoms with Crippen molar-refractivity contribution in [3.63, 3.8) is 0 Å². The number of rotatable bonds is 5. The lowest BCUT2D eigenvalue weighted by Crippen LogP contribution is -2.12. The van der Waals surface area contributed by atoms with Crippen LogP contribution in [0, 0.1) is 13.8 Å². The Bertz CT molecular complexity index is 1220. The number of amides is 1. The van der Waals surface area contributed by atoms with Gasteiger partial charge in [-0.2, -0.15) is 0 Å². The lowest BCUT2D eigenvalue weighted by atomic mass is 10.1. The van der Waals surface area contributed by atoms with Gasteiger partial charge in [-0.25, -0.2) is 15.0 Å². The van der Waals surface area contributed by atoms with E-state index in [1.165, 1.54) is 12.4 Å². The predicted molar refractivity (Wildman–Crippen MR) is 115 cm³/mol. The Morgan fingerprint density at radius 3 is 2.52 bits per heavy atom. The topological polar surface area (TPSA) is 129 Å². The fraction of sp³-hybridized carbons (Fsp3) is 0.0952. The van der Waals surface area contributed by atoms with Crippen molar-refractivity contribution in [3.05, 3.63) is 70.8 Å². The van der Waals surface area contributed by atoms with E-state index in [0.29, 0.717) is 39.3 Å². The lowest BCUT2D eigenvalue weighted by molar-refractivity contribution is 0.102. The number of hydrogen-bond acceptors (Lipinski definition) is 8. The fourth-order valence-electron chi connectivity index (χ4n) is 2.85. The highest BCUT2D eigenvalue weighted by molar-refractivity contribution is 6.30. The lowest BCUT2D eigenvalue weighted by Gasteiger charge is -2.09. The van der Waals surface area contributed by atoms with E-state index in [0.717, 1.165) is 5.56 Å². The van der Waals surface area contributed by atoms with E-state index >= 15 is 0 Å². The minimum absolute atomic E-state index is 0.131. The van der Waals surface area contributed by atoms with Crippen LogP contribution in [-0.2, 0) is 0 Å². The van der Waals surface area contributed by atoms with E-state index in [9.17, 15) is 4.79 Å². The highest BCUT2D eigenvalue weighted by Gasteiger charge is 2.16. The second-order valence-electron chi connectivity index (χ2n) is 6.59. The average molecular weight is 437 g/mol. The molecule has 0 unspecified atom stereocenters. The number of ether oxygens (including phenoxy) is 1. The summed E-state index contributed by atoms with van der Waals surface area (Å²) in [6.07, 6.45) is 2.99. The number of hydrogen-bond donors (Lipinski definition) is 2. The van der Waals surface area contributed by atoms with Crippen LogP contribution in [-0.4, -0.2) is 26.0 Å². The van der Waals surface area contributed by atoms with Crippen LogP contribution in [0.4, 0.5) is 11.6 Å². The van der Waals surface area contributed by atoms with Crippen LogP contribution in [0.15, 0.2) is 53.3 Å². The van der Waals surface area contributed by atoms with Crippen LogP contribution in [0.1, 0.15) is 21.8 Å². The first kappa shape index (κ1) is 20.3. The Morgan fingerprint density at radius 2 is 1.87 bits per heavy atom. The van der Waals surface area contributed by atoms with Crippen LogP contribution in [0.5, 0.6) is 11.6 Å². The van der Waals surface area contributed by atoms with Gasteiger partial charge >= 0.3 is 0 Å². The van der Waals surface area contributed by atoms with Gasteiger partial charge in [-0.1, -0.05) is 16.8 Å². The number of nitrogens with zero attached hydrogens (tertiary/aromatic N) is 4. The molecule has 0 saturated heterocycles. The SMILES string of the molecule is Cc1noc(C)c1-c1cnc(N)c(Oc2ccc(C(=O)Nc3ccc(Cl)cn3)cc2)n1. The number of nitrogens with one attached hydrogen (secondary N) is 1. The summed E-state index contributed by atoms with van der Waals surface area (Å²) in [6, 6.07) is 9.75. The molecule has 0 aliphatic carbocycles. The van der Waals surface area contributed by atoms with E-state index in [2.05, 4.69) is 25.4 Å². The van der Waals surface area contributed by atoms with Gasteiger partial charge in [-0.3, -0.25) is 4.79 Å². The summed E-state index contributed by atoms with van der Waals surface area (Å²) < 4.78 is 11.0. The highest BCUT2D eigenvalue weighted by Crippen LogP contribution is 2.30. The third-order valence-electron chi connectivity index (χ3n) is 4.36. The molecule has 1 aromatic carbocycles. The normalized spacial score (nSPS) is 10.7. The summed E-state index contributed by atoms with van der Waals surface area (Å²) in [5, 5.41) is 7.10. The average Bonchev–Trinajstić information content (AvgIpc) is 3.10. The van der Waals surface area contributed by atoms with Crippen molar-refractivity contribution in [1.29, 1.82) is 0 Å².